The largest absolute Gasteiger partial charge is 0.455 e. The van der Waals surface area contributed by atoms with Crippen molar-refractivity contribution in [2.75, 3.05) is 0 Å². The topological polar surface area (TPSA) is 48.1 Å². The first-order valence-electron chi connectivity index (χ1n) is 6.12. The van der Waals surface area contributed by atoms with Gasteiger partial charge in [0, 0.05) is 29.6 Å². The summed E-state index contributed by atoms with van der Waals surface area (Å²) < 4.78 is 5.90. The fourth-order valence-electron chi connectivity index (χ4n) is 1.97. The molecule has 0 saturated heterocycles. The molecule has 0 aliphatic carbocycles. The average Bonchev–Trinajstić information content (AvgIpc) is 2.32. The van der Waals surface area contributed by atoms with Crippen LogP contribution >= 0.6 is 11.6 Å². The molecule has 0 fully saturated rings. The molecule has 19 heavy (non-hydrogen) atoms. The fraction of sp³-hybridized carbons (Fsp3) is 0.267. The van der Waals surface area contributed by atoms with E-state index in [1.165, 1.54) is 0 Å². The summed E-state index contributed by atoms with van der Waals surface area (Å²) in [6.07, 6.45) is 0. The van der Waals surface area contributed by atoms with Gasteiger partial charge in [-0.15, -0.1) is 0 Å². The first-order valence-corrected chi connectivity index (χ1v) is 6.50. The van der Waals surface area contributed by atoms with Crippen LogP contribution in [-0.4, -0.2) is 4.98 Å². The first-order chi connectivity index (χ1) is 9.01. The van der Waals surface area contributed by atoms with E-state index in [1.54, 1.807) is 0 Å². The molecule has 0 bridgehead atoms. The van der Waals surface area contributed by atoms with Crippen LogP contribution in [0.1, 0.15) is 22.5 Å². The molecule has 0 spiro atoms. The highest BCUT2D eigenvalue weighted by Crippen LogP contribution is 2.32. The van der Waals surface area contributed by atoms with E-state index < -0.39 is 0 Å². The van der Waals surface area contributed by atoms with Crippen LogP contribution in [0.5, 0.6) is 11.5 Å². The number of aromatic nitrogens is 1. The maximum absolute atomic E-state index is 6.18. The van der Waals surface area contributed by atoms with Crippen molar-refractivity contribution in [1.29, 1.82) is 0 Å². The summed E-state index contributed by atoms with van der Waals surface area (Å²) >= 11 is 6.18. The Morgan fingerprint density at radius 3 is 2.53 bits per heavy atom. The molecule has 0 radical (unpaired) electrons. The maximum atomic E-state index is 6.18. The Hall–Kier alpha value is -1.58. The van der Waals surface area contributed by atoms with Gasteiger partial charge in [-0.2, -0.15) is 0 Å². The summed E-state index contributed by atoms with van der Waals surface area (Å²) in [7, 11) is 0. The van der Waals surface area contributed by atoms with E-state index in [9.17, 15) is 0 Å². The quantitative estimate of drug-likeness (QED) is 0.924. The van der Waals surface area contributed by atoms with E-state index in [0.29, 0.717) is 17.3 Å². The predicted molar refractivity (Wildman–Crippen MR) is 77.9 cm³/mol. The van der Waals surface area contributed by atoms with Gasteiger partial charge in [0.15, 0.2) is 0 Å². The number of hydrogen-bond donors (Lipinski definition) is 1. The molecule has 2 N–H and O–H groups in total. The monoisotopic (exact) mass is 276 g/mol. The molecule has 0 atom stereocenters. The van der Waals surface area contributed by atoms with Crippen LogP contribution in [0.25, 0.3) is 0 Å². The normalized spacial score (nSPS) is 10.6. The molecular formula is C15H17ClN2O. The van der Waals surface area contributed by atoms with E-state index in [1.807, 2.05) is 45.0 Å². The number of aryl methyl sites for hydroxylation is 3. The van der Waals surface area contributed by atoms with Crippen molar-refractivity contribution in [3.8, 4) is 11.5 Å². The molecule has 0 aliphatic heterocycles. The van der Waals surface area contributed by atoms with Gasteiger partial charge in [-0.1, -0.05) is 17.7 Å². The van der Waals surface area contributed by atoms with Crippen molar-refractivity contribution < 1.29 is 4.74 Å². The minimum absolute atomic E-state index is 0.387. The van der Waals surface area contributed by atoms with Crippen molar-refractivity contribution in [2.24, 2.45) is 5.73 Å². The van der Waals surface area contributed by atoms with Gasteiger partial charge >= 0.3 is 0 Å². The molecule has 1 aromatic heterocycles. The van der Waals surface area contributed by atoms with Crippen molar-refractivity contribution in [1.82, 2.24) is 4.98 Å². The van der Waals surface area contributed by atoms with Gasteiger partial charge in [0.05, 0.1) is 5.02 Å². The first kappa shape index (κ1) is 13.8. The molecule has 0 saturated carbocycles. The van der Waals surface area contributed by atoms with Crippen molar-refractivity contribution in [3.05, 3.63) is 51.8 Å². The van der Waals surface area contributed by atoms with Gasteiger partial charge in [-0.05, 0) is 38.5 Å². The lowest BCUT2D eigenvalue weighted by Crippen LogP contribution is -2.05. The van der Waals surface area contributed by atoms with E-state index in [4.69, 9.17) is 22.1 Å². The smallest absolute Gasteiger partial charge is 0.146 e. The average molecular weight is 277 g/mol. The second-order valence-electron chi connectivity index (χ2n) is 4.57. The lowest BCUT2D eigenvalue weighted by molar-refractivity contribution is 0.474. The highest BCUT2D eigenvalue weighted by molar-refractivity contribution is 6.32. The lowest BCUT2D eigenvalue weighted by Gasteiger charge is -2.14. The SMILES string of the molecule is Cc1ccc(Oc2cc(C)nc(C)c2CN)c(Cl)c1. The molecule has 1 heterocycles. The van der Waals surface area contributed by atoms with Crippen LogP contribution in [0, 0.1) is 20.8 Å². The zero-order valence-corrected chi connectivity index (χ0v) is 12.1. The molecule has 4 heteroatoms. The van der Waals surface area contributed by atoms with E-state index in [0.717, 1.165) is 28.3 Å². The Balaban J connectivity index is 2.42. The van der Waals surface area contributed by atoms with Gasteiger partial charge in [-0.25, -0.2) is 0 Å². The Labute approximate surface area is 118 Å². The van der Waals surface area contributed by atoms with Crippen molar-refractivity contribution in [2.45, 2.75) is 27.3 Å². The molecule has 100 valence electrons. The Morgan fingerprint density at radius 2 is 1.89 bits per heavy atom. The lowest BCUT2D eigenvalue weighted by atomic mass is 10.1. The Morgan fingerprint density at radius 1 is 1.16 bits per heavy atom. The number of hydrogen-bond acceptors (Lipinski definition) is 3. The maximum Gasteiger partial charge on any atom is 0.146 e. The van der Waals surface area contributed by atoms with E-state index >= 15 is 0 Å². The minimum Gasteiger partial charge on any atom is -0.455 e. The molecule has 1 aromatic carbocycles. The van der Waals surface area contributed by atoms with E-state index in [-0.39, 0.29) is 0 Å². The van der Waals surface area contributed by atoms with Gasteiger partial charge in [0.2, 0.25) is 0 Å². The Kier molecular flexibility index (Phi) is 4.08. The molecular weight excluding hydrogens is 260 g/mol. The van der Waals surface area contributed by atoms with Crippen molar-refractivity contribution >= 4 is 11.6 Å². The van der Waals surface area contributed by atoms with Gasteiger partial charge in [0.1, 0.15) is 11.5 Å². The fourth-order valence-corrected chi connectivity index (χ4v) is 2.24. The van der Waals surface area contributed by atoms with Crippen LogP contribution in [0.4, 0.5) is 0 Å². The number of halogens is 1. The van der Waals surface area contributed by atoms with E-state index in [2.05, 4.69) is 4.98 Å². The summed E-state index contributed by atoms with van der Waals surface area (Å²) in [4.78, 5) is 4.39. The zero-order valence-electron chi connectivity index (χ0n) is 11.3. The second kappa shape index (κ2) is 5.59. The number of pyridine rings is 1. The number of benzene rings is 1. The third kappa shape index (κ3) is 3.06. The van der Waals surface area contributed by atoms with Crippen LogP contribution in [0.2, 0.25) is 5.02 Å². The van der Waals surface area contributed by atoms with Crippen LogP contribution in [-0.2, 0) is 6.54 Å². The molecule has 3 nitrogen and oxygen atoms in total. The third-order valence-electron chi connectivity index (χ3n) is 2.93. The highest BCUT2D eigenvalue weighted by atomic mass is 35.5. The molecule has 2 aromatic rings. The number of ether oxygens (including phenoxy) is 1. The number of nitrogens with two attached hydrogens (primary N) is 1. The number of rotatable bonds is 3. The second-order valence-corrected chi connectivity index (χ2v) is 4.97. The Bertz CT molecular complexity index is 611. The standard InChI is InChI=1S/C15H17ClN2O/c1-9-4-5-14(13(16)6-9)19-15-7-10(2)18-11(3)12(15)8-17/h4-7H,8,17H2,1-3H3. The summed E-state index contributed by atoms with van der Waals surface area (Å²) in [5.41, 5.74) is 9.55. The zero-order chi connectivity index (χ0) is 14.0. The van der Waals surface area contributed by atoms with Gasteiger partial charge < -0.3 is 10.5 Å². The highest BCUT2D eigenvalue weighted by Gasteiger charge is 2.11. The minimum atomic E-state index is 0.387. The number of nitrogens with zero attached hydrogens (tertiary/aromatic N) is 1. The summed E-state index contributed by atoms with van der Waals surface area (Å²) in [5.74, 6) is 1.35. The van der Waals surface area contributed by atoms with Crippen LogP contribution < -0.4 is 10.5 Å². The van der Waals surface area contributed by atoms with Crippen molar-refractivity contribution in [3.63, 3.8) is 0 Å². The summed E-state index contributed by atoms with van der Waals surface area (Å²) in [5, 5.41) is 0.593. The van der Waals surface area contributed by atoms with Crippen LogP contribution in [0.3, 0.4) is 0 Å². The summed E-state index contributed by atoms with van der Waals surface area (Å²) in [6.45, 7) is 6.23. The molecule has 0 aliphatic rings. The van der Waals surface area contributed by atoms with Crippen LogP contribution in [0.15, 0.2) is 24.3 Å². The third-order valence-corrected chi connectivity index (χ3v) is 3.22. The molecule has 2 rings (SSSR count). The predicted octanol–water partition coefficient (Wildman–Crippen LogP) is 3.91. The summed E-state index contributed by atoms with van der Waals surface area (Å²) in [6, 6.07) is 7.58. The van der Waals surface area contributed by atoms with Gasteiger partial charge in [-0.3, -0.25) is 4.98 Å². The van der Waals surface area contributed by atoms with Gasteiger partial charge in [0.25, 0.3) is 0 Å². The molecule has 0 amide bonds. The molecule has 0 unspecified atom stereocenters.